The van der Waals surface area contributed by atoms with Gasteiger partial charge in [0.05, 0.1) is 5.39 Å². The zero-order chi connectivity index (χ0) is 17.4. The number of hydrogen-bond donors (Lipinski definition) is 0. The van der Waals surface area contributed by atoms with Gasteiger partial charge in [-0.3, -0.25) is 0 Å². The van der Waals surface area contributed by atoms with Crippen LogP contribution in [0.5, 0.6) is 5.88 Å². The zero-order valence-electron chi connectivity index (χ0n) is 15.6. The van der Waals surface area contributed by atoms with E-state index in [2.05, 4.69) is 35.8 Å². The fourth-order valence-electron chi connectivity index (χ4n) is 4.30. The molecule has 0 aromatic carbocycles. The average Bonchev–Trinajstić information content (AvgIpc) is 3.01. The highest BCUT2D eigenvalue weighted by Crippen LogP contribution is 2.40. The van der Waals surface area contributed by atoms with Gasteiger partial charge < -0.3 is 9.64 Å². The van der Waals surface area contributed by atoms with E-state index in [-0.39, 0.29) is 0 Å². The van der Waals surface area contributed by atoms with Crippen LogP contribution in [0.3, 0.4) is 0 Å². The van der Waals surface area contributed by atoms with Gasteiger partial charge in [-0.15, -0.1) is 11.3 Å². The lowest BCUT2D eigenvalue weighted by atomic mass is 9.91. The fraction of sp³-hybridized carbons (Fsp3) is 0.700. The summed E-state index contributed by atoms with van der Waals surface area (Å²) >= 11 is 1.85. The second-order valence-corrected chi connectivity index (χ2v) is 8.96. The SMILES string of the molecule is CC(C)N(C)C1CCC(Oc2ncnc3sc4c(c23)CCCC4)CC1. The summed E-state index contributed by atoms with van der Waals surface area (Å²) in [6.45, 7) is 4.56. The number of aryl methyl sites for hydroxylation is 2. The summed E-state index contributed by atoms with van der Waals surface area (Å²) in [4.78, 5) is 14.2. The highest BCUT2D eigenvalue weighted by Gasteiger charge is 2.28. The summed E-state index contributed by atoms with van der Waals surface area (Å²) in [6.07, 6.45) is 11.6. The maximum absolute atomic E-state index is 6.42. The van der Waals surface area contributed by atoms with E-state index in [9.17, 15) is 0 Å². The molecule has 0 unspecified atom stereocenters. The van der Waals surface area contributed by atoms with Crippen LogP contribution in [0.2, 0.25) is 0 Å². The molecule has 25 heavy (non-hydrogen) atoms. The smallest absolute Gasteiger partial charge is 0.225 e. The van der Waals surface area contributed by atoms with E-state index in [1.165, 1.54) is 47.9 Å². The van der Waals surface area contributed by atoms with Crippen molar-refractivity contribution in [3.05, 3.63) is 16.8 Å². The van der Waals surface area contributed by atoms with E-state index in [0.717, 1.165) is 30.0 Å². The number of ether oxygens (including phenoxy) is 1. The van der Waals surface area contributed by atoms with Crippen LogP contribution >= 0.6 is 11.3 Å². The third-order valence-electron chi connectivity index (χ3n) is 6.03. The summed E-state index contributed by atoms with van der Waals surface area (Å²) in [6, 6.07) is 1.31. The molecule has 4 rings (SSSR count). The van der Waals surface area contributed by atoms with Gasteiger partial charge in [0, 0.05) is 17.0 Å². The summed E-state index contributed by atoms with van der Waals surface area (Å²) in [7, 11) is 2.25. The predicted octanol–water partition coefficient (Wildman–Crippen LogP) is 4.60. The Hall–Kier alpha value is -1.20. The number of rotatable bonds is 4. The first-order valence-corrected chi connectivity index (χ1v) is 10.6. The zero-order valence-corrected chi connectivity index (χ0v) is 16.4. The molecule has 0 saturated heterocycles. The summed E-state index contributed by atoms with van der Waals surface area (Å²) in [5, 5.41) is 1.21. The molecule has 0 amide bonds. The fourth-order valence-corrected chi connectivity index (χ4v) is 5.52. The van der Waals surface area contributed by atoms with Gasteiger partial charge in [-0.25, -0.2) is 9.97 Å². The van der Waals surface area contributed by atoms with Gasteiger partial charge in [0.1, 0.15) is 17.3 Å². The van der Waals surface area contributed by atoms with Gasteiger partial charge in [0.2, 0.25) is 5.88 Å². The minimum atomic E-state index is 0.300. The van der Waals surface area contributed by atoms with E-state index in [0.29, 0.717) is 18.2 Å². The third kappa shape index (κ3) is 3.41. The normalized spacial score (nSPS) is 24.0. The Morgan fingerprint density at radius 1 is 1.12 bits per heavy atom. The molecular weight excluding hydrogens is 330 g/mol. The van der Waals surface area contributed by atoms with Crippen molar-refractivity contribution in [2.45, 2.75) is 83.4 Å². The largest absolute Gasteiger partial charge is 0.474 e. The molecule has 136 valence electrons. The average molecular weight is 360 g/mol. The predicted molar refractivity (Wildman–Crippen MR) is 104 cm³/mol. The van der Waals surface area contributed by atoms with Crippen molar-refractivity contribution < 1.29 is 4.74 Å². The lowest BCUT2D eigenvalue weighted by molar-refractivity contribution is 0.0854. The minimum Gasteiger partial charge on any atom is -0.474 e. The Balaban J connectivity index is 1.50. The van der Waals surface area contributed by atoms with Gasteiger partial charge in [0.15, 0.2) is 0 Å². The Bertz CT molecular complexity index is 734. The van der Waals surface area contributed by atoms with Crippen LogP contribution in [0, 0.1) is 0 Å². The molecule has 2 aromatic rings. The van der Waals surface area contributed by atoms with Crippen molar-refractivity contribution in [3.63, 3.8) is 0 Å². The van der Waals surface area contributed by atoms with Crippen LogP contribution in [0.15, 0.2) is 6.33 Å². The van der Waals surface area contributed by atoms with Gasteiger partial charge in [-0.05, 0) is 77.8 Å². The summed E-state index contributed by atoms with van der Waals surface area (Å²) in [5.74, 6) is 0.838. The number of hydrogen-bond acceptors (Lipinski definition) is 5. The van der Waals surface area contributed by atoms with E-state index < -0.39 is 0 Å². The first-order chi connectivity index (χ1) is 12.1. The maximum Gasteiger partial charge on any atom is 0.225 e. The molecule has 5 heteroatoms. The van der Waals surface area contributed by atoms with Crippen molar-refractivity contribution in [2.24, 2.45) is 0 Å². The molecule has 0 atom stereocenters. The topological polar surface area (TPSA) is 38.2 Å². The van der Waals surface area contributed by atoms with E-state index >= 15 is 0 Å². The molecule has 2 aromatic heterocycles. The molecule has 4 nitrogen and oxygen atoms in total. The number of nitrogens with zero attached hydrogens (tertiary/aromatic N) is 3. The van der Waals surface area contributed by atoms with E-state index in [4.69, 9.17) is 4.74 Å². The highest BCUT2D eigenvalue weighted by molar-refractivity contribution is 7.18. The lowest BCUT2D eigenvalue weighted by Gasteiger charge is -2.36. The molecule has 0 N–H and O–H groups in total. The van der Waals surface area contributed by atoms with Crippen LogP contribution < -0.4 is 4.74 Å². The van der Waals surface area contributed by atoms with Gasteiger partial charge in [-0.1, -0.05) is 0 Å². The summed E-state index contributed by atoms with van der Waals surface area (Å²) in [5.41, 5.74) is 1.47. The van der Waals surface area contributed by atoms with Crippen molar-refractivity contribution in [1.82, 2.24) is 14.9 Å². The Morgan fingerprint density at radius 3 is 2.64 bits per heavy atom. The molecular formula is C20H29N3OS. The van der Waals surface area contributed by atoms with E-state index in [1.54, 1.807) is 6.33 Å². The summed E-state index contributed by atoms with van der Waals surface area (Å²) < 4.78 is 6.42. The molecule has 0 radical (unpaired) electrons. The quantitative estimate of drug-likeness (QED) is 0.799. The lowest BCUT2D eigenvalue weighted by Crippen LogP contribution is -2.41. The third-order valence-corrected chi connectivity index (χ3v) is 7.23. The second kappa shape index (κ2) is 7.20. The van der Waals surface area contributed by atoms with Gasteiger partial charge in [-0.2, -0.15) is 0 Å². The molecule has 0 spiro atoms. The van der Waals surface area contributed by atoms with Crippen molar-refractivity contribution in [2.75, 3.05) is 7.05 Å². The standard InChI is InChI=1S/C20H29N3OS/c1-13(2)23(3)14-8-10-15(11-9-14)24-19-18-16-6-4-5-7-17(16)25-20(18)22-12-21-19/h12-15H,4-11H2,1-3H3. The Labute approximate surface area is 154 Å². The molecule has 0 bridgehead atoms. The highest BCUT2D eigenvalue weighted by atomic mass is 32.1. The molecule has 2 heterocycles. The van der Waals surface area contributed by atoms with Crippen molar-refractivity contribution >= 4 is 21.6 Å². The van der Waals surface area contributed by atoms with Gasteiger partial charge in [0.25, 0.3) is 0 Å². The van der Waals surface area contributed by atoms with Crippen LogP contribution in [0.1, 0.15) is 62.8 Å². The van der Waals surface area contributed by atoms with E-state index in [1.807, 2.05) is 11.3 Å². The number of thiophene rings is 1. The minimum absolute atomic E-state index is 0.300. The maximum atomic E-state index is 6.42. The molecule has 1 saturated carbocycles. The second-order valence-electron chi connectivity index (χ2n) is 7.88. The van der Waals surface area contributed by atoms with Crippen LogP contribution in [-0.4, -0.2) is 40.1 Å². The molecule has 2 aliphatic rings. The van der Waals surface area contributed by atoms with Crippen LogP contribution in [0.25, 0.3) is 10.2 Å². The molecule has 1 fully saturated rings. The number of fused-ring (bicyclic) bond motifs is 3. The van der Waals surface area contributed by atoms with Crippen molar-refractivity contribution in [3.8, 4) is 5.88 Å². The van der Waals surface area contributed by atoms with Crippen LogP contribution in [-0.2, 0) is 12.8 Å². The first-order valence-electron chi connectivity index (χ1n) is 9.77. The monoisotopic (exact) mass is 359 g/mol. The van der Waals surface area contributed by atoms with Gasteiger partial charge >= 0.3 is 0 Å². The van der Waals surface area contributed by atoms with Crippen LogP contribution in [0.4, 0.5) is 0 Å². The molecule has 2 aliphatic carbocycles. The number of aromatic nitrogens is 2. The Morgan fingerprint density at radius 2 is 1.88 bits per heavy atom. The Kier molecular flexibility index (Phi) is 4.96. The van der Waals surface area contributed by atoms with Crippen molar-refractivity contribution in [1.29, 1.82) is 0 Å². The first kappa shape index (κ1) is 17.2. The molecule has 0 aliphatic heterocycles.